The second kappa shape index (κ2) is 6.08. The van der Waals surface area contributed by atoms with E-state index in [-0.39, 0.29) is 31.4 Å². The van der Waals surface area contributed by atoms with E-state index in [0.717, 1.165) is 5.56 Å². The van der Waals surface area contributed by atoms with Crippen LogP contribution in [0.25, 0.3) is 0 Å². The average molecular weight is 315 g/mol. The van der Waals surface area contributed by atoms with Gasteiger partial charge >= 0.3 is 5.97 Å². The molecule has 5 nitrogen and oxygen atoms in total. The molecule has 1 amide bonds. The topological polar surface area (TPSA) is 66.8 Å². The summed E-state index contributed by atoms with van der Waals surface area (Å²) in [6, 6.07) is 11.1. The lowest BCUT2D eigenvalue weighted by molar-refractivity contribution is -0.137. The van der Waals surface area contributed by atoms with E-state index in [1.165, 1.54) is 17.0 Å². The van der Waals surface area contributed by atoms with Crippen LogP contribution in [0.1, 0.15) is 21.5 Å². The number of hydrogen-bond donors (Lipinski definition) is 1. The number of benzene rings is 2. The number of hydrogen-bond acceptors (Lipinski definition) is 3. The molecule has 0 bridgehead atoms. The Hall–Kier alpha value is -2.89. The molecule has 0 spiro atoms. The number of carboxylic acid groups (broad SMARTS) is 1. The minimum absolute atomic E-state index is 0.184. The normalized spacial score (nSPS) is 13.1. The zero-order chi connectivity index (χ0) is 16.4. The van der Waals surface area contributed by atoms with E-state index in [1.54, 1.807) is 30.3 Å². The summed E-state index contributed by atoms with van der Waals surface area (Å²) in [5.74, 6) is -1.22. The maximum Gasteiger partial charge on any atom is 0.323 e. The molecule has 23 heavy (non-hydrogen) atoms. The van der Waals surface area contributed by atoms with Gasteiger partial charge in [-0.25, -0.2) is 4.39 Å². The highest BCUT2D eigenvalue weighted by Crippen LogP contribution is 2.27. The van der Waals surface area contributed by atoms with Gasteiger partial charge in [-0.15, -0.1) is 0 Å². The molecule has 0 unspecified atom stereocenters. The van der Waals surface area contributed by atoms with Crippen molar-refractivity contribution >= 4 is 11.9 Å². The van der Waals surface area contributed by atoms with Crippen molar-refractivity contribution < 1.29 is 23.8 Å². The zero-order valence-corrected chi connectivity index (χ0v) is 12.2. The predicted molar refractivity (Wildman–Crippen MR) is 79.6 cm³/mol. The van der Waals surface area contributed by atoms with Crippen molar-refractivity contribution in [2.75, 3.05) is 6.54 Å². The Balaban J connectivity index is 1.71. The second-order valence-corrected chi connectivity index (χ2v) is 5.29. The van der Waals surface area contributed by atoms with Gasteiger partial charge in [-0.1, -0.05) is 18.2 Å². The van der Waals surface area contributed by atoms with Crippen LogP contribution < -0.4 is 4.74 Å². The predicted octanol–water partition coefficient (Wildman–Crippen LogP) is 2.45. The van der Waals surface area contributed by atoms with Crippen molar-refractivity contribution in [2.24, 2.45) is 0 Å². The third-order valence-corrected chi connectivity index (χ3v) is 3.58. The monoisotopic (exact) mass is 315 g/mol. The van der Waals surface area contributed by atoms with Crippen LogP contribution in [-0.4, -0.2) is 28.4 Å². The summed E-state index contributed by atoms with van der Waals surface area (Å²) in [6.45, 7) is 0.140. The van der Waals surface area contributed by atoms with Gasteiger partial charge in [0.25, 0.3) is 5.91 Å². The minimum Gasteiger partial charge on any atom is -0.489 e. The summed E-state index contributed by atoms with van der Waals surface area (Å²) in [6.07, 6.45) is 0. The lowest BCUT2D eigenvalue weighted by Gasteiger charge is -2.11. The number of aliphatic carboxylic acids is 1. The fourth-order valence-electron chi connectivity index (χ4n) is 2.51. The number of nitrogens with zero attached hydrogens (tertiary/aromatic N) is 1. The van der Waals surface area contributed by atoms with Crippen LogP contribution in [0.15, 0.2) is 42.5 Å². The molecule has 0 saturated heterocycles. The van der Waals surface area contributed by atoms with Crippen LogP contribution in [0.5, 0.6) is 5.75 Å². The molecular formula is C17H14FNO4. The highest BCUT2D eigenvalue weighted by molar-refractivity contribution is 6.00. The van der Waals surface area contributed by atoms with Crippen LogP contribution in [0.2, 0.25) is 0 Å². The quantitative estimate of drug-likeness (QED) is 0.920. The molecular weight excluding hydrogens is 301 g/mol. The standard InChI is InChI=1S/C17H14FNO4/c18-13-3-1-2-11(6-13)10-23-14-5-4-12-8-19(9-16(20)21)17(22)15(12)7-14/h1-7H,8-10H2,(H,20,21). The van der Waals surface area contributed by atoms with E-state index >= 15 is 0 Å². The molecule has 1 N–H and O–H groups in total. The SMILES string of the molecule is O=C(O)CN1Cc2ccc(OCc3cccc(F)c3)cc2C1=O. The summed E-state index contributed by atoms with van der Waals surface area (Å²) < 4.78 is 18.7. The number of carbonyl (C=O) groups is 2. The first-order chi connectivity index (χ1) is 11.0. The summed E-state index contributed by atoms with van der Waals surface area (Å²) >= 11 is 0. The number of carboxylic acids is 1. The molecule has 3 rings (SSSR count). The first-order valence-electron chi connectivity index (χ1n) is 7.04. The van der Waals surface area contributed by atoms with Crippen molar-refractivity contribution in [3.63, 3.8) is 0 Å². The molecule has 0 saturated carbocycles. The van der Waals surface area contributed by atoms with Crippen LogP contribution in [0, 0.1) is 5.82 Å². The summed E-state index contributed by atoms with van der Waals surface area (Å²) in [5, 5.41) is 8.81. The third kappa shape index (κ3) is 3.31. The average Bonchev–Trinajstić information content (AvgIpc) is 2.81. The molecule has 0 fully saturated rings. The first-order valence-corrected chi connectivity index (χ1v) is 7.04. The Morgan fingerprint density at radius 3 is 2.83 bits per heavy atom. The number of halogens is 1. The second-order valence-electron chi connectivity index (χ2n) is 5.29. The Morgan fingerprint density at radius 1 is 1.26 bits per heavy atom. The van der Waals surface area contributed by atoms with E-state index in [4.69, 9.17) is 9.84 Å². The Bertz CT molecular complexity index is 775. The Kier molecular flexibility index (Phi) is 3.97. The van der Waals surface area contributed by atoms with Gasteiger partial charge in [-0.05, 0) is 35.4 Å². The van der Waals surface area contributed by atoms with Gasteiger partial charge < -0.3 is 14.7 Å². The van der Waals surface area contributed by atoms with Gasteiger partial charge in [0.05, 0.1) is 0 Å². The molecule has 0 atom stereocenters. The van der Waals surface area contributed by atoms with Gasteiger partial charge in [-0.3, -0.25) is 9.59 Å². The number of carbonyl (C=O) groups excluding carboxylic acids is 1. The first kappa shape index (κ1) is 15.0. The number of rotatable bonds is 5. The smallest absolute Gasteiger partial charge is 0.323 e. The van der Waals surface area contributed by atoms with Gasteiger partial charge in [-0.2, -0.15) is 0 Å². The van der Waals surface area contributed by atoms with Crippen LogP contribution in [0.4, 0.5) is 4.39 Å². The van der Waals surface area contributed by atoms with Gasteiger partial charge in [0, 0.05) is 12.1 Å². The maximum absolute atomic E-state index is 13.1. The van der Waals surface area contributed by atoms with Crippen molar-refractivity contribution in [1.29, 1.82) is 0 Å². The van der Waals surface area contributed by atoms with Crippen molar-refractivity contribution in [3.05, 3.63) is 65.0 Å². The van der Waals surface area contributed by atoms with Crippen LogP contribution >= 0.6 is 0 Å². The lowest BCUT2D eigenvalue weighted by atomic mass is 10.1. The fraction of sp³-hybridized carbons (Fsp3) is 0.176. The molecule has 2 aromatic carbocycles. The van der Waals surface area contributed by atoms with E-state index in [2.05, 4.69) is 0 Å². The summed E-state index contributed by atoms with van der Waals surface area (Å²) in [4.78, 5) is 24.2. The Labute approximate surface area is 131 Å². The minimum atomic E-state index is -1.05. The van der Waals surface area contributed by atoms with Crippen molar-refractivity contribution in [2.45, 2.75) is 13.2 Å². The van der Waals surface area contributed by atoms with E-state index in [0.29, 0.717) is 16.9 Å². The maximum atomic E-state index is 13.1. The number of amides is 1. The molecule has 1 aliphatic rings. The highest BCUT2D eigenvalue weighted by Gasteiger charge is 2.29. The van der Waals surface area contributed by atoms with Gasteiger partial charge in [0.1, 0.15) is 24.7 Å². The number of ether oxygens (including phenoxy) is 1. The highest BCUT2D eigenvalue weighted by atomic mass is 19.1. The molecule has 2 aromatic rings. The van der Waals surface area contributed by atoms with Gasteiger partial charge in [0.15, 0.2) is 0 Å². The molecule has 1 aliphatic heterocycles. The van der Waals surface area contributed by atoms with E-state index in [1.807, 2.05) is 0 Å². The van der Waals surface area contributed by atoms with Gasteiger partial charge in [0.2, 0.25) is 0 Å². The third-order valence-electron chi connectivity index (χ3n) is 3.58. The van der Waals surface area contributed by atoms with E-state index < -0.39 is 5.97 Å². The zero-order valence-electron chi connectivity index (χ0n) is 12.2. The molecule has 6 heteroatoms. The molecule has 0 radical (unpaired) electrons. The van der Waals surface area contributed by atoms with Crippen LogP contribution in [-0.2, 0) is 17.9 Å². The molecule has 0 aliphatic carbocycles. The van der Waals surface area contributed by atoms with E-state index in [9.17, 15) is 14.0 Å². The largest absolute Gasteiger partial charge is 0.489 e. The number of fused-ring (bicyclic) bond motifs is 1. The summed E-state index contributed by atoms with van der Waals surface area (Å²) in [5.41, 5.74) is 1.90. The molecule has 118 valence electrons. The lowest BCUT2D eigenvalue weighted by Crippen LogP contribution is -2.29. The fourth-order valence-corrected chi connectivity index (χ4v) is 2.51. The Morgan fingerprint density at radius 2 is 2.09 bits per heavy atom. The van der Waals surface area contributed by atoms with Crippen LogP contribution in [0.3, 0.4) is 0 Å². The summed E-state index contributed by atoms with van der Waals surface area (Å²) in [7, 11) is 0. The molecule has 0 aromatic heterocycles. The van der Waals surface area contributed by atoms with Crippen molar-refractivity contribution in [1.82, 2.24) is 4.90 Å². The van der Waals surface area contributed by atoms with Crippen molar-refractivity contribution in [3.8, 4) is 5.75 Å². The molecule has 1 heterocycles.